The monoisotopic (exact) mass is 221 g/mol. The summed E-state index contributed by atoms with van der Waals surface area (Å²) in [7, 11) is 0. The Kier molecular flexibility index (Phi) is 4.10. The molecule has 0 bridgehead atoms. The maximum absolute atomic E-state index is 5.60. The van der Waals surface area contributed by atoms with E-state index in [9.17, 15) is 0 Å². The van der Waals surface area contributed by atoms with E-state index >= 15 is 0 Å². The maximum atomic E-state index is 5.60. The van der Waals surface area contributed by atoms with Crippen LogP contribution in [0.4, 0.5) is 0 Å². The summed E-state index contributed by atoms with van der Waals surface area (Å²) < 4.78 is 5.60. The molecule has 16 heavy (non-hydrogen) atoms. The highest BCUT2D eigenvalue weighted by Gasteiger charge is 2.09. The molecular weight excluding hydrogens is 202 g/mol. The van der Waals surface area contributed by atoms with E-state index in [4.69, 9.17) is 4.74 Å². The molecule has 1 aromatic heterocycles. The molecule has 2 heterocycles. The number of rotatable bonds is 4. The van der Waals surface area contributed by atoms with Crippen LogP contribution in [-0.4, -0.2) is 41.1 Å². The number of aryl methyl sites for hydroxylation is 1. The minimum atomic E-state index is 0.685. The van der Waals surface area contributed by atoms with Gasteiger partial charge < -0.3 is 4.74 Å². The fraction of sp³-hybridized carbons (Fsp3) is 0.667. The first-order chi connectivity index (χ1) is 7.84. The van der Waals surface area contributed by atoms with E-state index in [2.05, 4.69) is 14.9 Å². The van der Waals surface area contributed by atoms with Crippen molar-refractivity contribution in [2.24, 2.45) is 0 Å². The maximum Gasteiger partial charge on any atom is 0.216 e. The fourth-order valence-electron chi connectivity index (χ4n) is 1.97. The zero-order chi connectivity index (χ0) is 11.2. The van der Waals surface area contributed by atoms with Crippen LogP contribution in [0.2, 0.25) is 0 Å². The average Bonchev–Trinajstić information content (AvgIpc) is 2.30. The zero-order valence-electron chi connectivity index (χ0n) is 9.85. The van der Waals surface area contributed by atoms with E-state index in [1.807, 2.05) is 13.0 Å². The lowest BCUT2D eigenvalue weighted by Crippen LogP contribution is -2.33. The van der Waals surface area contributed by atoms with Gasteiger partial charge in [0.25, 0.3) is 0 Å². The number of nitrogens with zero attached hydrogens (tertiary/aromatic N) is 3. The van der Waals surface area contributed by atoms with Crippen molar-refractivity contribution in [2.75, 3.05) is 26.2 Å². The summed E-state index contributed by atoms with van der Waals surface area (Å²) in [4.78, 5) is 10.6. The van der Waals surface area contributed by atoms with Gasteiger partial charge in [-0.2, -0.15) is 0 Å². The number of likely N-dealkylation sites (tertiary alicyclic amines) is 1. The largest absolute Gasteiger partial charge is 0.476 e. The van der Waals surface area contributed by atoms with Gasteiger partial charge in [-0.25, -0.2) is 9.97 Å². The summed E-state index contributed by atoms with van der Waals surface area (Å²) in [6, 6.07) is 1.87. The number of hydrogen-bond acceptors (Lipinski definition) is 4. The van der Waals surface area contributed by atoms with E-state index in [0.29, 0.717) is 5.88 Å². The molecule has 2 rings (SSSR count). The van der Waals surface area contributed by atoms with Gasteiger partial charge in [-0.3, -0.25) is 4.90 Å². The fourth-order valence-corrected chi connectivity index (χ4v) is 1.97. The second-order valence-corrected chi connectivity index (χ2v) is 4.25. The smallest absolute Gasteiger partial charge is 0.216 e. The van der Waals surface area contributed by atoms with Gasteiger partial charge in [0.1, 0.15) is 12.9 Å². The predicted octanol–water partition coefficient (Wildman–Crippen LogP) is 1.65. The van der Waals surface area contributed by atoms with Crippen molar-refractivity contribution in [3.63, 3.8) is 0 Å². The molecule has 1 aliphatic rings. The van der Waals surface area contributed by atoms with Crippen LogP contribution in [0, 0.1) is 6.92 Å². The first-order valence-electron chi connectivity index (χ1n) is 5.98. The van der Waals surface area contributed by atoms with Crippen molar-refractivity contribution >= 4 is 0 Å². The molecule has 0 aromatic carbocycles. The van der Waals surface area contributed by atoms with Crippen molar-refractivity contribution in [2.45, 2.75) is 26.2 Å². The van der Waals surface area contributed by atoms with Gasteiger partial charge in [0, 0.05) is 18.3 Å². The highest BCUT2D eigenvalue weighted by molar-refractivity contribution is 5.11. The molecule has 0 spiro atoms. The number of hydrogen-bond donors (Lipinski definition) is 0. The van der Waals surface area contributed by atoms with Crippen molar-refractivity contribution < 1.29 is 4.74 Å². The Labute approximate surface area is 96.7 Å². The van der Waals surface area contributed by atoms with Gasteiger partial charge in [-0.1, -0.05) is 6.42 Å². The lowest BCUT2D eigenvalue weighted by atomic mass is 10.1. The molecule has 0 amide bonds. The molecule has 1 aliphatic heterocycles. The number of aromatic nitrogens is 2. The standard InChI is InChI=1S/C12H19N3O/c1-11-9-12(14-10-13-11)16-8-7-15-5-3-2-4-6-15/h9-10H,2-8H2,1H3. The van der Waals surface area contributed by atoms with Gasteiger partial charge >= 0.3 is 0 Å². The third-order valence-electron chi connectivity index (χ3n) is 2.88. The molecule has 0 radical (unpaired) electrons. The molecule has 0 saturated carbocycles. The third-order valence-corrected chi connectivity index (χ3v) is 2.88. The first-order valence-corrected chi connectivity index (χ1v) is 5.98. The van der Waals surface area contributed by atoms with Crippen molar-refractivity contribution in [1.29, 1.82) is 0 Å². The van der Waals surface area contributed by atoms with Crippen LogP contribution in [0.5, 0.6) is 5.88 Å². The van der Waals surface area contributed by atoms with E-state index in [1.54, 1.807) is 6.33 Å². The Morgan fingerprint density at radius 2 is 2.06 bits per heavy atom. The van der Waals surface area contributed by atoms with Gasteiger partial charge in [0.2, 0.25) is 5.88 Å². The molecule has 0 atom stereocenters. The SMILES string of the molecule is Cc1cc(OCCN2CCCCC2)ncn1. The molecule has 0 aliphatic carbocycles. The van der Waals surface area contributed by atoms with Crippen LogP contribution < -0.4 is 4.74 Å². The second-order valence-electron chi connectivity index (χ2n) is 4.25. The van der Waals surface area contributed by atoms with Crippen LogP contribution in [0.1, 0.15) is 25.0 Å². The van der Waals surface area contributed by atoms with E-state index < -0.39 is 0 Å². The average molecular weight is 221 g/mol. The summed E-state index contributed by atoms with van der Waals surface area (Å²) in [5, 5.41) is 0. The van der Waals surface area contributed by atoms with Crippen LogP contribution in [0.3, 0.4) is 0 Å². The Bertz CT molecular complexity index is 324. The Hall–Kier alpha value is -1.16. The highest BCUT2D eigenvalue weighted by Crippen LogP contribution is 2.09. The molecule has 1 aromatic rings. The van der Waals surface area contributed by atoms with Crippen LogP contribution in [-0.2, 0) is 0 Å². The predicted molar refractivity (Wildman–Crippen MR) is 62.6 cm³/mol. The lowest BCUT2D eigenvalue weighted by Gasteiger charge is -2.25. The van der Waals surface area contributed by atoms with Crippen LogP contribution >= 0.6 is 0 Å². The number of ether oxygens (including phenoxy) is 1. The van der Waals surface area contributed by atoms with Crippen LogP contribution in [0.25, 0.3) is 0 Å². The zero-order valence-corrected chi connectivity index (χ0v) is 9.85. The lowest BCUT2D eigenvalue weighted by molar-refractivity contribution is 0.180. The van der Waals surface area contributed by atoms with Crippen molar-refractivity contribution in [3.05, 3.63) is 18.1 Å². The molecule has 1 saturated heterocycles. The van der Waals surface area contributed by atoms with Crippen molar-refractivity contribution in [3.8, 4) is 5.88 Å². The summed E-state index contributed by atoms with van der Waals surface area (Å²) in [6.45, 7) is 6.09. The summed E-state index contributed by atoms with van der Waals surface area (Å²) in [5.41, 5.74) is 0.947. The minimum absolute atomic E-state index is 0.685. The van der Waals surface area contributed by atoms with E-state index in [1.165, 1.54) is 32.4 Å². The van der Waals surface area contributed by atoms with E-state index in [0.717, 1.165) is 18.8 Å². The quantitative estimate of drug-likeness (QED) is 0.775. The molecule has 1 fully saturated rings. The van der Waals surface area contributed by atoms with Crippen LogP contribution in [0.15, 0.2) is 12.4 Å². The van der Waals surface area contributed by atoms with Gasteiger partial charge in [0.05, 0.1) is 0 Å². The molecule has 0 unspecified atom stereocenters. The third kappa shape index (κ3) is 3.45. The highest BCUT2D eigenvalue weighted by atomic mass is 16.5. The second kappa shape index (κ2) is 5.80. The Balaban J connectivity index is 1.71. The summed E-state index contributed by atoms with van der Waals surface area (Å²) >= 11 is 0. The minimum Gasteiger partial charge on any atom is -0.476 e. The molecule has 88 valence electrons. The summed E-state index contributed by atoms with van der Waals surface area (Å²) in [5.74, 6) is 0.685. The topological polar surface area (TPSA) is 38.2 Å². The Morgan fingerprint density at radius 1 is 1.25 bits per heavy atom. The van der Waals surface area contributed by atoms with Gasteiger partial charge in [-0.15, -0.1) is 0 Å². The normalized spacial score (nSPS) is 17.3. The molecule has 0 N–H and O–H groups in total. The molecule has 4 nitrogen and oxygen atoms in total. The summed E-state index contributed by atoms with van der Waals surface area (Å²) in [6.07, 6.45) is 5.58. The van der Waals surface area contributed by atoms with Gasteiger partial charge in [0.15, 0.2) is 0 Å². The van der Waals surface area contributed by atoms with Crippen molar-refractivity contribution in [1.82, 2.24) is 14.9 Å². The number of piperidine rings is 1. The Morgan fingerprint density at radius 3 is 2.81 bits per heavy atom. The van der Waals surface area contributed by atoms with Gasteiger partial charge in [-0.05, 0) is 32.9 Å². The molecule has 4 heteroatoms. The molecular formula is C12H19N3O. The first kappa shape index (κ1) is 11.3. The van der Waals surface area contributed by atoms with E-state index in [-0.39, 0.29) is 0 Å².